The minimum Gasteiger partial charge on any atom is -0.350 e. The SMILES string of the molecule is CCCCCC(CCCC)(OCC)OCC. The Morgan fingerprint density at radius 3 is 1.62 bits per heavy atom. The summed E-state index contributed by atoms with van der Waals surface area (Å²) in [6, 6.07) is 0. The Labute approximate surface area is 102 Å². The van der Waals surface area contributed by atoms with E-state index in [1.807, 2.05) is 0 Å². The lowest BCUT2D eigenvalue weighted by atomic mass is 10.0. The van der Waals surface area contributed by atoms with Crippen LogP contribution in [-0.2, 0) is 9.47 Å². The normalized spacial score (nSPS) is 12.0. The van der Waals surface area contributed by atoms with Crippen molar-refractivity contribution in [1.82, 2.24) is 0 Å². The molecule has 0 aliphatic rings. The second-order valence-electron chi connectivity index (χ2n) is 4.34. The van der Waals surface area contributed by atoms with Crippen LogP contribution in [0.4, 0.5) is 0 Å². The number of hydrogen-bond acceptors (Lipinski definition) is 2. The van der Waals surface area contributed by atoms with Crippen LogP contribution >= 0.6 is 0 Å². The van der Waals surface area contributed by atoms with E-state index in [0.29, 0.717) is 0 Å². The van der Waals surface area contributed by atoms with Crippen LogP contribution in [0.25, 0.3) is 0 Å². The maximum absolute atomic E-state index is 5.90. The van der Waals surface area contributed by atoms with Crippen molar-refractivity contribution >= 4 is 0 Å². The van der Waals surface area contributed by atoms with Gasteiger partial charge in [-0.2, -0.15) is 0 Å². The van der Waals surface area contributed by atoms with Gasteiger partial charge in [0.2, 0.25) is 0 Å². The molecule has 0 atom stereocenters. The van der Waals surface area contributed by atoms with Gasteiger partial charge in [-0.3, -0.25) is 0 Å². The van der Waals surface area contributed by atoms with E-state index in [4.69, 9.17) is 9.47 Å². The summed E-state index contributed by atoms with van der Waals surface area (Å²) >= 11 is 0. The van der Waals surface area contributed by atoms with Crippen LogP contribution in [-0.4, -0.2) is 19.0 Å². The fourth-order valence-electron chi connectivity index (χ4n) is 2.07. The van der Waals surface area contributed by atoms with E-state index in [2.05, 4.69) is 27.7 Å². The Kier molecular flexibility index (Phi) is 10.0. The predicted molar refractivity (Wildman–Crippen MR) is 69.7 cm³/mol. The molecule has 0 fully saturated rings. The number of rotatable bonds is 11. The molecule has 0 heterocycles. The van der Waals surface area contributed by atoms with Gasteiger partial charge >= 0.3 is 0 Å². The molecule has 0 aromatic carbocycles. The maximum atomic E-state index is 5.90. The van der Waals surface area contributed by atoms with Crippen LogP contribution in [0.15, 0.2) is 0 Å². The molecule has 2 nitrogen and oxygen atoms in total. The van der Waals surface area contributed by atoms with Gasteiger partial charge in [0.15, 0.2) is 5.79 Å². The summed E-state index contributed by atoms with van der Waals surface area (Å²) in [6.45, 7) is 10.1. The first-order valence-electron chi connectivity index (χ1n) is 7.02. The van der Waals surface area contributed by atoms with E-state index in [9.17, 15) is 0 Å². The fourth-order valence-corrected chi connectivity index (χ4v) is 2.07. The van der Waals surface area contributed by atoms with Crippen molar-refractivity contribution < 1.29 is 9.47 Å². The van der Waals surface area contributed by atoms with Gasteiger partial charge in [0.05, 0.1) is 0 Å². The van der Waals surface area contributed by atoms with Crippen LogP contribution in [0, 0.1) is 0 Å². The van der Waals surface area contributed by atoms with Gasteiger partial charge in [0.25, 0.3) is 0 Å². The van der Waals surface area contributed by atoms with Crippen molar-refractivity contribution in [1.29, 1.82) is 0 Å². The third-order valence-electron chi connectivity index (χ3n) is 2.89. The average Bonchev–Trinajstić information content (AvgIpc) is 2.27. The zero-order valence-corrected chi connectivity index (χ0v) is 11.7. The predicted octanol–water partition coefficient (Wildman–Crippen LogP) is 4.53. The molecule has 0 aliphatic heterocycles. The highest BCUT2D eigenvalue weighted by Crippen LogP contribution is 2.27. The van der Waals surface area contributed by atoms with E-state index in [0.717, 1.165) is 26.1 Å². The van der Waals surface area contributed by atoms with E-state index in [-0.39, 0.29) is 5.79 Å². The van der Waals surface area contributed by atoms with Gasteiger partial charge in [-0.05, 0) is 26.7 Å². The van der Waals surface area contributed by atoms with Crippen LogP contribution in [0.1, 0.15) is 72.6 Å². The Morgan fingerprint density at radius 2 is 1.19 bits per heavy atom. The van der Waals surface area contributed by atoms with E-state index < -0.39 is 0 Å². The van der Waals surface area contributed by atoms with Crippen molar-refractivity contribution in [2.75, 3.05) is 13.2 Å². The third-order valence-corrected chi connectivity index (χ3v) is 2.89. The van der Waals surface area contributed by atoms with Crippen LogP contribution in [0.5, 0.6) is 0 Å². The van der Waals surface area contributed by atoms with E-state index >= 15 is 0 Å². The Morgan fingerprint density at radius 1 is 0.688 bits per heavy atom. The van der Waals surface area contributed by atoms with Gasteiger partial charge in [0.1, 0.15) is 0 Å². The lowest BCUT2D eigenvalue weighted by Gasteiger charge is -2.33. The molecular weight excluding hydrogens is 200 g/mol. The standard InChI is InChI=1S/C14H30O2/c1-5-9-11-13-14(15-7-3,16-8-4)12-10-6-2/h5-13H2,1-4H3. The Balaban J connectivity index is 4.24. The van der Waals surface area contributed by atoms with Crippen molar-refractivity contribution in [3.8, 4) is 0 Å². The highest BCUT2D eigenvalue weighted by molar-refractivity contribution is 4.70. The van der Waals surface area contributed by atoms with Crippen LogP contribution in [0.3, 0.4) is 0 Å². The molecule has 0 aromatic rings. The molecule has 2 heteroatoms. The fraction of sp³-hybridized carbons (Fsp3) is 1.00. The molecule has 0 saturated carbocycles. The minimum absolute atomic E-state index is 0.297. The molecule has 0 radical (unpaired) electrons. The molecular formula is C14H30O2. The summed E-state index contributed by atoms with van der Waals surface area (Å²) in [5, 5.41) is 0. The molecule has 0 bridgehead atoms. The van der Waals surface area contributed by atoms with Gasteiger partial charge in [-0.15, -0.1) is 0 Å². The van der Waals surface area contributed by atoms with Crippen molar-refractivity contribution in [2.24, 2.45) is 0 Å². The molecule has 0 aliphatic carbocycles. The number of hydrogen-bond donors (Lipinski definition) is 0. The zero-order valence-electron chi connectivity index (χ0n) is 11.7. The first kappa shape index (κ1) is 15.9. The Bertz CT molecular complexity index is 140. The average molecular weight is 230 g/mol. The smallest absolute Gasteiger partial charge is 0.168 e. The zero-order chi connectivity index (χ0) is 12.3. The van der Waals surface area contributed by atoms with Crippen molar-refractivity contribution in [3.63, 3.8) is 0 Å². The molecule has 0 amide bonds. The third kappa shape index (κ3) is 6.49. The number of unbranched alkanes of at least 4 members (excludes halogenated alkanes) is 3. The second-order valence-corrected chi connectivity index (χ2v) is 4.34. The van der Waals surface area contributed by atoms with Gasteiger partial charge in [-0.25, -0.2) is 0 Å². The molecule has 0 saturated heterocycles. The summed E-state index contributed by atoms with van der Waals surface area (Å²) in [6.07, 6.45) is 8.20. The van der Waals surface area contributed by atoms with Gasteiger partial charge in [0, 0.05) is 26.1 Å². The minimum atomic E-state index is -0.297. The van der Waals surface area contributed by atoms with Gasteiger partial charge < -0.3 is 9.47 Å². The molecule has 0 spiro atoms. The Hall–Kier alpha value is -0.0800. The lowest BCUT2D eigenvalue weighted by molar-refractivity contribution is -0.241. The summed E-state index contributed by atoms with van der Waals surface area (Å²) < 4.78 is 11.8. The summed E-state index contributed by atoms with van der Waals surface area (Å²) in [5.74, 6) is -0.297. The second kappa shape index (κ2) is 10.1. The number of ether oxygens (including phenoxy) is 2. The molecule has 98 valence electrons. The monoisotopic (exact) mass is 230 g/mol. The van der Waals surface area contributed by atoms with Crippen molar-refractivity contribution in [3.05, 3.63) is 0 Å². The summed E-state index contributed by atoms with van der Waals surface area (Å²) in [5.41, 5.74) is 0. The van der Waals surface area contributed by atoms with Crippen LogP contribution < -0.4 is 0 Å². The van der Waals surface area contributed by atoms with Gasteiger partial charge in [-0.1, -0.05) is 33.1 Å². The molecule has 0 aromatic heterocycles. The maximum Gasteiger partial charge on any atom is 0.168 e. The first-order valence-corrected chi connectivity index (χ1v) is 7.02. The summed E-state index contributed by atoms with van der Waals surface area (Å²) in [7, 11) is 0. The van der Waals surface area contributed by atoms with Crippen molar-refractivity contribution in [2.45, 2.75) is 78.4 Å². The lowest BCUT2D eigenvalue weighted by Crippen LogP contribution is -2.36. The van der Waals surface area contributed by atoms with E-state index in [1.54, 1.807) is 0 Å². The highest BCUT2D eigenvalue weighted by Gasteiger charge is 2.29. The highest BCUT2D eigenvalue weighted by atomic mass is 16.7. The molecule has 16 heavy (non-hydrogen) atoms. The van der Waals surface area contributed by atoms with Crippen LogP contribution in [0.2, 0.25) is 0 Å². The topological polar surface area (TPSA) is 18.5 Å². The molecule has 0 rings (SSSR count). The largest absolute Gasteiger partial charge is 0.350 e. The van der Waals surface area contributed by atoms with E-state index in [1.165, 1.54) is 32.1 Å². The molecule has 0 N–H and O–H groups in total. The quantitative estimate of drug-likeness (QED) is 0.383. The summed E-state index contributed by atoms with van der Waals surface area (Å²) in [4.78, 5) is 0. The molecule has 0 unspecified atom stereocenters. The first-order chi connectivity index (χ1) is 7.74.